The molecule has 2 nitrogen and oxygen atoms in total. The minimum atomic E-state index is 0.769. The van der Waals surface area contributed by atoms with Crippen molar-refractivity contribution in [2.75, 3.05) is 13.1 Å². The van der Waals surface area contributed by atoms with Crippen LogP contribution in [0.15, 0.2) is 0 Å². The van der Waals surface area contributed by atoms with Crippen LogP contribution in [0.3, 0.4) is 0 Å². The Balaban J connectivity index is 1.79. The van der Waals surface area contributed by atoms with Gasteiger partial charge in [-0.25, -0.2) is 0 Å². The normalized spacial score (nSPS) is 29.3. The molecule has 3 unspecified atom stereocenters. The molecule has 0 amide bonds. The van der Waals surface area contributed by atoms with Crippen molar-refractivity contribution >= 4 is 0 Å². The zero-order chi connectivity index (χ0) is 13.0. The van der Waals surface area contributed by atoms with Gasteiger partial charge in [-0.15, -0.1) is 0 Å². The quantitative estimate of drug-likeness (QED) is 0.676. The molecule has 0 spiro atoms. The van der Waals surface area contributed by atoms with E-state index in [0.717, 1.165) is 24.0 Å². The Hall–Kier alpha value is -0.0800. The molecule has 0 radical (unpaired) electrons. The van der Waals surface area contributed by atoms with Crippen molar-refractivity contribution in [1.82, 2.24) is 10.2 Å². The van der Waals surface area contributed by atoms with E-state index >= 15 is 0 Å². The smallest absolute Gasteiger partial charge is 0.0139 e. The van der Waals surface area contributed by atoms with Gasteiger partial charge in [-0.3, -0.25) is 4.90 Å². The van der Waals surface area contributed by atoms with Crippen molar-refractivity contribution in [3.8, 4) is 0 Å². The zero-order valence-corrected chi connectivity index (χ0v) is 12.6. The molecule has 0 bridgehead atoms. The van der Waals surface area contributed by atoms with Crippen LogP contribution in [0.2, 0.25) is 0 Å². The average Bonchev–Trinajstić information content (AvgIpc) is 3.16. The van der Waals surface area contributed by atoms with E-state index in [1.807, 2.05) is 0 Å². The summed E-state index contributed by atoms with van der Waals surface area (Å²) in [6, 6.07) is 2.52. The first-order chi connectivity index (χ1) is 8.76. The maximum absolute atomic E-state index is 3.73. The fraction of sp³-hybridized carbons (Fsp3) is 1.00. The number of nitrogens with zero attached hydrogens (tertiary/aromatic N) is 1. The van der Waals surface area contributed by atoms with Crippen molar-refractivity contribution in [1.29, 1.82) is 0 Å². The van der Waals surface area contributed by atoms with Gasteiger partial charge in [-0.05, 0) is 64.5 Å². The molecule has 1 N–H and O–H groups in total. The lowest BCUT2D eigenvalue weighted by molar-refractivity contribution is 0.0299. The summed E-state index contributed by atoms with van der Waals surface area (Å²) in [7, 11) is 0. The Morgan fingerprint density at radius 1 is 1.17 bits per heavy atom. The van der Waals surface area contributed by atoms with Gasteiger partial charge in [0.25, 0.3) is 0 Å². The summed E-state index contributed by atoms with van der Waals surface area (Å²) in [5, 5.41) is 3.73. The van der Waals surface area contributed by atoms with Crippen LogP contribution >= 0.6 is 0 Å². The highest BCUT2D eigenvalue weighted by Crippen LogP contribution is 2.34. The maximum Gasteiger partial charge on any atom is 0.0139 e. The van der Waals surface area contributed by atoms with Gasteiger partial charge in [0.15, 0.2) is 0 Å². The van der Waals surface area contributed by atoms with Crippen LogP contribution < -0.4 is 5.32 Å². The molecule has 0 aromatic rings. The summed E-state index contributed by atoms with van der Waals surface area (Å²) in [4.78, 5) is 2.81. The number of nitrogens with one attached hydrogen (secondary N) is 1. The Morgan fingerprint density at radius 3 is 2.44 bits per heavy atom. The number of hydrogen-bond donors (Lipinski definition) is 1. The van der Waals surface area contributed by atoms with Gasteiger partial charge in [0.05, 0.1) is 0 Å². The first-order valence-corrected chi connectivity index (χ1v) is 8.25. The molecule has 0 aromatic heterocycles. The van der Waals surface area contributed by atoms with Crippen LogP contribution in [0.4, 0.5) is 0 Å². The van der Waals surface area contributed by atoms with E-state index in [4.69, 9.17) is 0 Å². The summed E-state index contributed by atoms with van der Waals surface area (Å²) in [6.45, 7) is 9.64. The SMILES string of the molecule is CCCCN(C(C)CC)C1CCC1CNC1CC1. The van der Waals surface area contributed by atoms with E-state index in [1.54, 1.807) is 0 Å². The van der Waals surface area contributed by atoms with Crippen molar-refractivity contribution in [3.05, 3.63) is 0 Å². The molecule has 2 heteroatoms. The highest BCUT2D eigenvalue weighted by molar-refractivity contribution is 4.93. The molecule has 2 rings (SSSR count). The Morgan fingerprint density at radius 2 is 1.94 bits per heavy atom. The fourth-order valence-corrected chi connectivity index (χ4v) is 3.12. The third-order valence-electron chi connectivity index (χ3n) is 4.98. The van der Waals surface area contributed by atoms with Crippen molar-refractivity contribution in [3.63, 3.8) is 0 Å². The molecular weight excluding hydrogens is 220 g/mol. The van der Waals surface area contributed by atoms with E-state index in [-0.39, 0.29) is 0 Å². The standard InChI is InChI=1S/C16H32N2/c1-4-6-11-18(13(3)5-2)16-10-7-14(16)12-17-15-8-9-15/h13-17H,4-12H2,1-3H3. The van der Waals surface area contributed by atoms with E-state index in [1.165, 1.54) is 58.0 Å². The van der Waals surface area contributed by atoms with Crippen molar-refractivity contribution in [2.45, 2.75) is 83.8 Å². The zero-order valence-electron chi connectivity index (χ0n) is 12.6. The monoisotopic (exact) mass is 252 g/mol. The summed E-state index contributed by atoms with van der Waals surface area (Å²) >= 11 is 0. The maximum atomic E-state index is 3.73. The van der Waals surface area contributed by atoms with Gasteiger partial charge in [0.1, 0.15) is 0 Å². The predicted octanol–water partition coefficient (Wildman–Crippen LogP) is 3.42. The van der Waals surface area contributed by atoms with Gasteiger partial charge in [-0.1, -0.05) is 20.3 Å². The molecule has 2 aliphatic rings. The molecule has 2 aliphatic carbocycles. The number of hydrogen-bond acceptors (Lipinski definition) is 2. The molecule has 0 aliphatic heterocycles. The molecule has 18 heavy (non-hydrogen) atoms. The second-order valence-corrected chi connectivity index (χ2v) is 6.44. The van der Waals surface area contributed by atoms with Crippen LogP contribution in [-0.2, 0) is 0 Å². The lowest BCUT2D eigenvalue weighted by atomic mass is 9.77. The van der Waals surface area contributed by atoms with Crippen LogP contribution in [-0.4, -0.2) is 36.1 Å². The molecule has 0 saturated heterocycles. The third kappa shape index (κ3) is 3.71. The third-order valence-corrected chi connectivity index (χ3v) is 4.98. The highest BCUT2D eigenvalue weighted by Gasteiger charge is 2.37. The Labute approximate surface area is 114 Å². The van der Waals surface area contributed by atoms with Crippen LogP contribution in [0.1, 0.15) is 65.7 Å². The molecule has 106 valence electrons. The molecule has 2 fully saturated rings. The summed E-state index contributed by atoms with van der Waals surface area (Å²) in [5.74, 6) is 0.927. The first-order valence-electron chi connectivity index (χ1n) is 8.25. The van der Waals surface area contributed by atoms with Gasteiger partial charge in [0.2, 0.25) is 0 Å². The van der Waals surface area contributed by atoms with Gasteiger partial charge in [-0.2, -0.15) is 0 Å². The van der Waals surface area contributed by atoms with Gasteiger partial charge >= 0.3 is 0 Å². The lowest BCUT2D eigenvalue weighted by Crippen LogP contribution is -2.53. The Kier molecular flexibility index (Phi) is 5.50. The van der Waals surface area contributed by atoms with E-state index < -0.39 is 0 Å². The van der Waals surface area contributed by atoms with Gasteiger partial charge < -0.3 is 5.32 Å². The summed E-state index contributed by atoms with van der Waals surface area (Å²) < 4.78 is 0. The van der Waals surface area contributed by atoms with E-state index in [9.17, 15) is 0 Å². The van der Waals surface area contributed by atoms with Crippen LogP contribution in [0.5, 0.6) is 0 Å². The van der Waals surface area contributed by atoms with E-state index in [2.05, 4.69) is 31.0 Å². The second-order valence-electron chi connectivity index (χ2n) is 6.44. The van der Waals surface area contributed by atoms with Crippen LogP contribution in [0, 0.1) is 5.92 Å². The lowest BCUT2D eigenvalue weighted by Gasteiger charge is -2.47. The van der Waals surface area contributed by atoms with Crippen molar-refractivity contribution in [2.24, 2.45) is 5.92 Å². The topological polar surface area (TPSA) is 15.3 Å². The molecule has 0 heterocycles. The summed E-state index contributed by atoms with van der Waals surface area (Å²) in [5.41, 5.74) is 0. The van der Waals surface area contributed by atoms with E-state index in [0.29, 0.717) is 0 Å². The molecule has 2 saturated carbocycles. The number of unbranched alkanes of at least 4 members (excludes halogenated alkanes) is 1. The molecular formula is C16H32N2. The number of rotatable bonds is 9. The molecule has 3 atom stereocenters. The minimum absolute atomic E-state index is 0.769. The minimum Gasteiger partial charge on any atom is -0.314 e. The predicted molar refractivity (Wildman–Crippen MR) is 78.9 cm³/mol. The molecule has 0 aromatic carbocycles. The van der Waals surface area contributed by atoms with Crippen molar-refractivity contribution < 1.29 is 0 Å². The fourth-order valence-electron chi connectivity index (χ4n) is 3.12. The van der Waals surface area contributed by atoms with Crippen LogP contribution in [0.25, 0.3) is 0 Å². The largest absolute Gasteiger partial charge is 0.314 e. The second kappa shape index (κ2) is 6.91. The van der Waals surface area contributed by atoms with Gasteiger partial charge in [0, 0.05) is 18.1 Å². The summed E-state index contributed by atoms with van der Waals surface area (Å²) in [6.07, 6.45) is 9.70. The Bertz CT molecular complexity index is 237. The highest BCUT2D eigenvalue weighted by atomic mass is 15.2. The average molecular weight is 252 g/mol. The first kappa shape index (κ1) is 14.3.